The Kier molecular flexibility index (Phi) is 10.7. The first-order valence-electron chi connectivity index (χ1n) is 9.48. The number of aliphatic carboxylic acids is 1. The number of aromatic nitrogens is 1. The van der Waals surface area contributed by atoms with Gasteiger partial charge in [-0.3, -0.25) is 14.5 Å². The Morgan fingerprint density at radius 1 is 1.42 bits per heavy atom. The van der Waals surface area contributed by atoms with Crippen LogP contribution in [0.15, 0.2) is 40.7 Å². The van der Waals surface area contributed by atoms with E-state index in [-0.39, 0.29) is 47.6 Å². The molecule has 1 fully saturated rings. The number of carbonyl (C=O) groups excluding carboxylic acids is 3. The molecule has 162 valence electrons. The molecule has 31 heavy (non-hydrogen) atoms. The summed E-state index contributed by atoms with van der Waals surface area (Å²) >= 11 is 1.75. The van der Waals surface area contributed by atoms with Crippen molar-refractivity contribution in [2.45, 2.75) is 36.2 Å². The van der Waals surface area contributed by atoms with E-state index in [1.165, 1.54) is 16.7 Å². The van der Waals surface area contributed by atoms with Crippen LogP contribution in [0.5, 0.6) is 0 Å². The van der Waals surface area contributed by atoms with Crippen LogP contribution < -0.4 is 40.0 Å². The zero-order chi connectivity index (χ0) is 21.7. The second kappa shape index (κ2) is 12.5. The van der Waals surface area contributed by atoms with Gasteiger partial charge < -0.3 is 19.8 Å². The number of fused-ring (bicyclic) bond motifs is 1. The number of carboxylic acid groups (broad SMARTS) is 1. The number of carbonyl (C=O) groups is 3. The van der Waals surface area contributed by atoms with Crippen molar-refractivity contribution in [3.8, 4) is 0 Å². The van der Waals surface area contributed by atoms with Crippen LogP contribution in [0, 0.1) is 0 Å². The van der Waals surface area contributed by atoms with Crippen molar-refractivity contribution in [2.24, 2.45) is 0 Å². The van der Waals surface area contributed by atoms with Crippen molar-refractivity contribution < 1.29 is 53.6 Å². The van der Waals surface area contributed by atoms with E-state index >= 15 is 0 Å². The predicted molar refractivity (Wildman–Crippen MR) is 115 cm³/mol. The quantitative estimate of drug-likeness (QED) is 0.210. The van der Waals surface area contributed by atoms with Crippen LogP contribution in [0.4, 0.5) is 0 Å². The van der Waals surface area contributed by atoms with E-state index < -0.39 is 34.5 Å². The van der Waals surface area contributed by atoms with Crippen molar-refractivity contribution in [3.05, 3.63) is 35.7 Å². The van der Waals surface area contributed by atoms with Gasteiger partial charge in [0.1, 0.15) is 17.2 Å². The molecule has 1 saturated heterocycles. The molecule has 3 atom stereocenters. The van der Waals surface area contributed by atoms with Crippen LogP contribution in [0.3, 0.4) is 0 Å². The molecule has 0 aromatic carbocycles. The number of β-lactam (4-membered cyclic amide) rings is 1. The number of thioether (sulfide) groups is 2. The molecule has 0 spiro atoms. The fourth-order valence-electron chi connectivity index (χ4n) is 3.20. The van der Waals surface area contributed by atoms with Gasteiger partial charge >= 0.3 is 29.6 Å². The van der Waals surface area contributed by atoms with Gasteiger partial charge in [-0.2, -0.15) is 11.8 Å². The van der Waals surface area contributed by atoms with Gasteiger partial charge in [0.2, 0.25) is 10.9 Å². The van der Waals surface area contributed by atoms with Gasteiger partial charge in [0.15, 0.2) is 0 Å². The summed E-state index contributed by atoms with van der Waals surface area (Å²) in [6.07, 6.45) is 2.08. The van der Waals surface area contributed by atoms with Gasteiger partial charge in [0, 0.05) is 47.8 Å². The third-order valence-corrected chi connectivity index (χ3v) is 8.31. The van der Waals surface area contributed by atoms with Crippen molar-refractivity contribution in [1.82, 2.24) is 15.2 Å². The van der Waals surface area contributed by atoms with Crippen molar-refractivity contribution in [2.75, 3.05) is 23.0 Å². The maximum absolute atomic E-state index is 12.5. The van der Waals surface area contributed by atoms with Gasteiger partial charge in [-0.1, -0.05) is 13.0 Å². The number of rotatable bonds is 10. The Hall–Kier alpha value is -0.690. The summed E-state index contributed by atoms with van der Waals surface area (Å²) in [6.45, 7) is 1.98. The summed E-state index contributed by atoms with van der Waals surface area (Å²) in [6, 6.07) is 4.42. The van der Waals surface area contributed by atoms with Crippen LogP contribution in [0.1, 0.15) is 19.8 Å². The molecule has 0 bridgehead atoms. The van der Waals surface area contributed by atoms with E-state index in [1.54, 1.807) is 36.2 Å². The third kappa shape index (κ3) is 6.43. The first kappa shape index (κ1) is 26.6. The van der Waals surface area contributed by atoms with E-state index in [0.717, 1.165) is 5.75 Å². The zero-order valence-corrected chi connectivity index (χ0v) is 21.8. The normalized spacial score (nSPS) is 21.0. The van der Waals surface area contributed by atoms with Gasteiger partial charge in [-0.25, -0.2) is 4.98 Å². The van der Waals surface area contributed by atoms with E-state index in [1.807, 2.05) is 6.92 Å². The molecule has 0 saturated carbocycles. The van der Waals surface area contributed by atoms with E-state index in [9.17, 15) is 24.0 Å². The van der Waals surface area contributed by atoms with Crippen LogP contribution in [0.25, 0.3) is 0 Å². The molecule has 0 radical (unpaired) electrons. The number of hydrogen-bond acceptors (Lipinski definition) is 8. The Morgan fingerprint density at radius 2 is 2.19 bits per heavy atom. The average molecular weight is 492 g/mol. The smallest absolute Gasteiger partial charge is 0.610 e. The summed E-state index contributed by atoms with van der Waals surface area (Å²) in [4.78, 5) is 41.7. The Morgan fingerprint density at radius 3 is 2.84 bits per heavy atom. The van der Waals surface area contributed by atoms with Gasteiger partial charge in [-0.15, -0.1) is 11.8 Å². The maximum atomic E-state index is 12.5. The monoisotopic (exact) mass is 491 g/mol. The Balaban J connectivity index is 0.00000341. The molecule has 2 aliphatic rings. The minimum atomic E-state index is -1.36. The average Bonchev–Trinajstić information content (AvgIpc) is 2.75. The van der Waals surface area contributed by atoms with Crippen molar-refractivity contribution in [1.29, 1.82) is 0 Å². The molecule has 0 aliphatic carbocycles. The fourth-order valence-corrected chi connectivity index (χ4v) is 6.39. The molecule has 2 aliphatic heterocycles. The number of amides is 2. The van der Waals surface area contributed by atoms with Crippen LogP contribution in [-0.2, 0) is 25.6 Å². The first-order valence-corrected chi connectivity index (χ1v) is 13.0. The molecular weight excluding hydrogens is 469 g/mol. The van der Waals surface area contributed by atoms with Crippen LogP contribution in [0.2, 0.25) is 0 Å². The molecule has 1 aromatic heterocycles. The topological polar surface area (TPSA) is 125 Å². The fraction of sp³-hybridized carbons (Fsp3) is 0.474. The second-order valence-corrected chi connectivity index (χ2v) is 10.5. The molecular formula is C19H22N3NaO5S3. The summed E-state index contributed by atoms with van der Waals surface area (Å²) in [5.41, 5.74) is 0.624. The predicted octanol–water partition coefficient (Wildman–Crippen LogP) is -2.87. The Bertz CT molecular complexity index is 842. The number of nitrogens with zero attached hydrogens (tertiary/aromatic N) is 2. The molecule has 8 nitrogen and oxygen atoms in total. The molecule has 3 heterocycles. The summed E-state index contributed by atoms with van der Waals surface area (Å²) in [7, 11) is 0. The molecule has 1 aromatic rings. The third-order valence-electron chi connectivity index (χ3n) is 4.64. The zero-order valence-electron chi connectivity index (χ0n) is 17.4. The molecule has 12 heteroatoms. The van der Waals surface area contributed by atoms with Crippen LogP contribution >= 0.6 is 23.5 Å². The summed E-state index contributed by atoms with van der Waals surface area (Å²) < 4.78 is 12.1. The van der Waals surface area contributed by atoms with E-state index in [4.69, 9.17) is 0 Å². The van der Waals surface area contributed by atoms with Crippen molar-refractivity contribution >= 4 is 52.5 Å². The first-order chi connectivity index (χ1) is 14.4. The van der Waals surface area contributed by atoms with E-state index in [0.29, 0.717) is 34.3 Å². The minimum Gasteiger partial charge on any atom is -0.610 e. The molecule has 2 unspecified atom stereocenters. The van der Waals surface area contributed by atoms with Crippen molar-refractivity contribution in [3.63, 3.8) is 0 Å². The standard InChI is InChI=1S/C19H23N3O5S3.Na/c1-2-28-10-12-11-29-18-15(17(24)22(18)16(12)19(25)26)21-13(23)6-5-9-30(27)14-7-3-4-8-20-14;/h3-4,7-8,15,18H,2,5-6,9-11H2,1H3,(H,21,23)(H,25,26);/q;+1/p-1/t15?,18-,30?;/m0./s1. The number of carboxylic acids is 1. The summed E-state index contributed by atoms with van der Waals surface area (Å²) in [5.74, 6) is 0.0448. The largest absolute Gasteiger partial charge is 1.00 e. The molecule has 1 N–H and O–H groups in total. The number of pyridine rings is 1. The molecule has 2 amide bonds. The minimum absolute atomic E-state index is 0. The Labute approximate surface area is 214 Å². The van der Waals surface area contributed by atoms with Gasteiger partial charge in [0.05, 0.1) is 11.7 Å². The summed E-state index contributed by atoms with van der Waals surface area (Å²) in [5, 5.41) is 14.3. The van der Waals surface area contributed by atoms with Crippen LogP contribution in [-0.4, -0.2) is 66.6 Å². The SMILES string of the molecule is CCSCC1=C(C(=O)[O-])N2C(=O)C(NC(=O)CCC[S+]([O-])c3ccccn3)[C@@H]2SC1.[Na+]. The van der Waals surface area contributed by atoms with E-state index in [2.05, 4.69) is 10.3 Å². The second-order valence-electron chi connectivity index (χ2n) is 6.65. The number of hydrogen-bond donors (Lipinski definition) is 1. The maximum Gasteiger partial charge on any atom is 1.00 e. The molecule has 3 rings (SSSR count). The number of nitrogens with one attached hydrogen (secondary N) is 1. The van der Waals surface area contributed by atoms with Gasteiger partial charge in [0.25, 0.3) is 5.91 Å². The van der Waals surface area contributed by atoms with Gasteiger partial charge in [-0.05, 0) is 17.4 Å².